The second kappa shape index (κ2) is 24.4. The topological polar surface area (TPSA) is 57.2 Å². The van der Waals surface area contributed by atoms with E-state index in [4.69, 9.17) is 0 Å². The zero-order valence-corrected chi connectivity index (χ0v) is 27.7. The lowest BCUT2D eigenvalue weighted by molar-refractivity contribution is 0.463. The first-order valence-corrected chi connectivity index (χ1v) is 20.1. The molecule has 0 aromatic heterocycles. The van der Waals surface area contributed by atoms with E-state index in [-0.39, 0.29) is 4.90 Å². The maximum absolute atomic E-state index is 10.4. The maximum Gasteiger partial charge on any atom is 0.124 e. The van der Waals surface area contributed by atoms with Crippen LogP contribution in [0, 0.1) is 6.92 Å². The van der Waals surface area contributed by atoms with E-state index < -0.39 is 17.4 Å². The Hall–Kier alpha value is -0.440. The van der Waals surface area contributed by atoms with Crippen molar-refractivity contribution in [3.05, 3.63) is 29.8 Å². The Bertz CT molecular complexity index is 724. The van der Waals surface area contributed by atoms with Crippen molar-refractivity contribution in [1.29, 1.82) is 0 Å². The minimum Gasteiger partial charge on any atom is -0.744 e. The predicted octanol–water partition coefficient (Wildman–Crippen LogP) is 11.0. The fraction of sp³-hybridized carbons (Fsp3) is 0.818. The summed E-state index contributed by atoms with van der Waals surface area (Å²) in [5, 5.41) is 0. The van der Waals surface area contributed by atoms with Gasteiger partial charge in [0.2, 0.25) is 0 Å². The Morgan fingerprint density at radius 1 is 0.526 bits per heavy atom. The summed E-state index contributed by atoms with van der Waals surface area (Å²) in [5.41, 5.74) is 0.928. The molecular formula is C33H63O3PS. The van der Waals surface area contributed by atoms with Crippen LogP contribution >= 0.6 is 7.26 Å². The summed E-state index contributed by atoms with van der Waals surface area (Å²) in [6.07, 6.45) is 33.0. The second-order valence-electron chi connectivity index (χ2n) is 11.5. The van der Waals surface area contributed by atoms with Gasteiger partial charge in [-0.25, -0.2) is 8.42 Å². The van der Waals surface area contributed by atoms with Crippen LogP contribution in [0.3, 0.4) is 0 Å². The van der Waals surface area contributed by atoms with Crippen molar-refractivity contribution in [2.45, 2.75) is 155 Å². The monoisotopic (exact) mass is 570 g/mol. The van der Waals surface area contributed by atoms with Crippen LogP contribution in [-0.2, 0) is 10.1 Å². The summed E-state index contributed by atoms with van der Waals surface area (Å²) in [6.45, 7) is 11.3. The highest BCUT2D eigenvalue weighted by Crippen LogP contribution is 2.61. The molecule has 0 N–H and O–H groups in total. The molecule has 3 nitrogen and oxygen atoms in total. The van der Waals surface area contributed by atoms with Gasteiger partial charge in [0, 0.05) is 7.26 Å². The number of hydrogen-bond donors (Lipinski definition) is 0. The average molecular weight is 571 g/mol. The maximum atomic E-state index is 10.4. The van der Waals surface area contributed by atoms with Crippen LogP contribution in [0.1, 0.15) is 149 Å². The van der Waals surface area contributed by atoms with Crippen LogP contribution in [0.2, 0.25) is 0 Å². The molecule has 0 aliphatic rings. The summed E-state index contributed by atoms with van der Waals surface area (Å²) in [4.78, 5) is -0.178. The lowest BCUT2D eigenvalue weighted by Gasteiger charge is -2.28. The smallest absolute Gasteiger partial charge is 0.124 e. The van der Waals surface area contributed by atoms with Crippen molar-refractivity contribution in [1.82, 2.24) is 0 Å². The standard InChI is InChI=1S/C26H56P.C7H8O3S/c1-5-9-13-14-15-16-17-18-19-20-21-22-26-27(23-10-6-2,24-11-7-3)25-12-8-4;1-6-2-4-7(5-3-6)11(8,9)10/h5-26H2,1-4H3;2-5H,1H3,(H,8,9,10)/q+1;/p-1. The van der Waals surface area contributed by atoms with Gasteiger partial charge >= 0.3 is 0 Å². The molecule has 0 heterocycles. The van der Waals surface area contributed by atoms with Gasteiger partial charge in [0.15, 0.2) is 0 Å². The van der Waals surface area contributed by atoms with Gasteiger partial charge in [-0.15, -0.1) is 0 Å². The number of unbranched alkanes of at least 4 members (excludes halogenated alkanes) is 14. The first-order valence-electron chi connectivity index (χ1n) is 16.1. The highest BCUT2D eigenvalue weighted by Gasteiger charge is 2.34. The normalized spacial score (nSPS) is 11.8. The molecule has 224 valence electrons. The van der Waals surface area contributed by atoms with Crippen molar-refractivity contribution in [2.75, 3.05) is 24.6 Å². The Balaban J connectivity index is 0.00000103. The Morgan fingerprint density at radius 2 is 0.842 bits per heavy atom. The molecule has 0 fully saturated rings. The van der Waals surface area contributed by atoms with E-state index in [0.29, 0.717) is 0 Å². The van der Waals surface area contributed by atoms with Gasteiger partial charge in [-0.3, -0.25) is 0 Å². The Labute approximate surface area is 239 Å². The molecule has 0 spiro atoms. The number of benzene rings is 1. The van der Waals surface area contributed by atoms with Crippen molar-refractivity contribution in [3.8, 4) is 0 Å². The van der Waals surface area contributed by atoms with Crippen molar-refractivity contribution in [3.63, 3.8) is 0 Å². The van der Waals surface area contributed by atoms with Crippen molar-refractivity contribution >= 4 is 17.4 Å². The first kappa shape index (κ1) is 37.6. The number of aryl methyl sites for hydroxylation is 1. The van der Waals surface area contributed by atoms with E-state index in [1.165, 1.54) is 121 Å². The fourth-order valence-electron chi connectivity index (χ4n) is 5.14. The van der Waals surface area contributed by atoms with E-state index in [1.807, 2.05) is 6.92 Å². The van der Waals surface area contributed by atoms with Gasteiger partial charge in [0.25, 0.3) is 0 Å². The SMILES string of the molecule is CCCCCCCCCCCCCC[P+](CCCC)(CCCC)CCCC.Cc1ccc(S(=O)(=O)[O-])cc1. The second-order valence-corrected chi connectivity index (χ2v) is 17.3. The molecule has 0 aliphatic heterocycles. The van der Waals surface area contributed by atoms with E-state index in [9.17, 15) is 13.0 Å². The van der Waals surface area contributed by atoms with E-state index in [1.54, 1.807) is 43.2 Å². The quantitative estimate of drug-likeness (QED) is 0.0747. The van der Waals surface area contributed by atoms with Gasteiger partial charge in [-0.1, -0.05) is 129 Å². The van der Waals surface area contributed by atoms with Crippen LogP contribution < -0.4 is 0 Å². The third-order valence-corrected chi connectivity index (χ3v) is 13.7. The molecule has 38 heavy (non-hydrogen) atoms. The lowest BCUT2D eigenvalue weighted by Crippen LogP contribution is -2.13. The third-order valence-electron chi connectivity index (χ3n) is 7.75. The van der Waals surface area contributed by atoms with Gasteiger partial charge in [0.1, 0.15) is 10.1 Å². The minimum absolute atomic E-state index is 0.178. The van der Waals surface area contributed by atoms with Crippen molar-refractivity contribution < 1.29 is 13.0 Å². The summed E-state index contributed by atoms with van der Waals surface area (Å²) in [5.74, 6) is 0. The van der Waals surface area contributed by atoms with Crippen LogP contribution in [0.4, 0.5) is 0 Å². The summed E-state index contributed by atoms with van der Waals surface area (Å²) in [6, 6.07) is 5.78. The molecule has 0 amide bonds. The zero-order chi connectivity index (χ0) is 28.5. The molecule has 0 unspecified atom stereocenters. The summed E-state index contributed by atoms with van der Waals surface area (Å²) in [7, 11) is -4.90. The van der Waals surface area contributed by atoms with E-state index in [2.05, 4.69) is 27.7 Å². The molecule has 0 atom stereocenters. The highest BCUT2D eigenvalue weighted by atomic mass is 32.2. The van der Waals surface area contributed by atoms with Crippen LogP contribution in [0.25, 0.3) is 0 Å². The average Bonchev–Trinajstić information content (AvgIpc) is 2.90. The van der Waals surface area contributed by atoms with Gasteiger partial charge in [-0.05, 0) is 51.2 Å². The highest BCUT2D eigenvalue weighted by molar-refractivity contribution is 7.85. The lowest BCUT2D eigenvalue weighted by atomic mass is 10.1. The molecule has 1 rings (SSSR count). The molecule has 0 radical (unpaired) electrons. The molecule has 1 aromatic carbocycles. The Kier molecular flexibility index (Phi) is 24.1. The summed E-state index contributed by atoms with van der Waals surface area (Å²) >= 11 is 0. The number of hydrogen-bond acceptors (Lipinski definition) is 3. The van der Waals surface area contributed by atoms with Crippen molar-refractivity contribution in [2.24, 2.45) is 0 Å². The molecule has 1 aromatic rings. The molecule has 5 heteroatoms. The first-order chi connectivity index (χ1) is 18.2. The van der Waals surface area contributed by atoms with Crippen LogP contribution in [0.5, 0.6) is 0 Å². The van der Waals surface area contributed by atoms with Gasteiger partial charge < -0.3 is 4.55 Å². The molecular weight excluding hydrogens is 507 g/mol. The third kappa shape index (κ3) is 20.5. The fourth-order valence-corrected chi connectivity index (χ4v) is 10.8. The van der Waals surface area contributed by atoms with E-state index in [0.717, 1.165) is 5.56 Å². The number of rotatable bonds is 23. The van der Waals surface area contributed by atoms with Crippen LogP contribution in [-0.4, -0.2) is 37.6 Å². The molecule has 0 bridgehead atoms. The Morgan fingerprint density at radius 3 is 1.18 bits per heavy atom. The van der Waals surface area contributed by atoms with Crippen LogP contribution in [0.15, 0.2) is 29.2 Å². The summed E-state index contributed by atoms with van der Waals surface area (Å²) < 4.78 is 31.2. The molecule has 0 aliphatic carbocycles. The largest absolute Gasteiger partial charge is 0.744 e. The minimum atomic E-state index is -4.27. The van der Waals surface area contributed by atoms with Gasteiger partial charge in [0.05, 0.1) is 29.5 Å². The predicted molar refractivity (Wildman–Crippen MR) is 171 cm³/mol. The molecule has 0 saturated carbocycles. The molecule has 0 saturated heterocycles. The van der Waals surface area contributed by atoms with E-state index >= 15 is 0 Å². The van der Waals surface area contributed by atoms with Gasteiger partial charge in [-0.2, -0.15) is 0 Å². The zero-order valence-electron chi connectivity index (χ0n) is 25.9.